The van der Waals surface area contributed by atoms with Crippen molar-refractivity contribution in [2.75, 3.05) is 0 Å². The predicted octanol–water partition coefficient (Wildman–Crippen LogP) is 7.90. The van der Waals surface area contributed by atoms with Gasteiger partial charge in [0.15, 0.2) is 23.1 Å². The van der Waals surface area contributed by atoms with Crippen LogP contribution in [0.3, 0.4) is 0 Å². The van der Waals surface area contributed by atoms with Crippen molar-refractivity contribution in [3.63, 3.8) is 0 Å². The van der Waals surface area contributed by atoms with Crippen LogP contribution in [0.4, 0.5) is 0 Å². The SMILES string of the molecule is CC1=C(Cc2ccc(Cl)cc2)C(=O)c2ccccc2C1=O.CC1=C(Cc2ccccc2)C(=O)c2ccccc2C1=O. The first-order valence-electron chi connectivity index (χ1n) is 13.3. The lowest BCUT2D eigenvalue weighted by atomic mass is 9.82. The molecule has 2 aliphatic carbocycles. The van der Waals surface area contributed by atoms with Crippen molar-refractivity contribution in [2.24, 2.45) is 0 Å². The quantitative estimate of drug-likeness (QED) is 0.255. The molecule has 0 bridgehead atoms. The van der Waals surface area contributed by atoms with E-state index in [0.717, 1.165) is 11.1 Å². The highest BCUT2D eigenvalue weighted by molar-refractivity contribution is 6.30. The van der Waals surface area contributed by atoms with Crippen LogP contribution in [0.5, 0.6) is 0 Å². The summed E-state index contributed by atoms with van der Waals surface area (Å²) in [6, 6.07) is 31.1. The Hall–Kier alpha value is -4.67. The summed E-state index contributed by atoms with van der Waals surface area (Å²) in [6.07, 6.45) is 0.952. The molecule has 0 aliphatic heterocycles. The van der Waals surface area contributed by atoms with E-state index < -0.39 is 0 Å². The van der Waals surface area contributed by atoms with Gasteiger partial charge in [0.1, 0.15) is 0 Å². The second-order valence-corrected chi connectivity index (χ2v) is 10.5. The van der Waals surface area contributed by atoms with Crippen LogP contribution in [0.1, 0.15) is 66.4 Å². The second kappa shape index (κ2) is 11.8. The maximum absolute atomic E-state index is 12.6. The molecule has 5 heteroatoms. The first-order chi connectivity index (χ1) is 19.8. The Morgan fingerprint density at radius 3 is 1.20 bits per heavy atom. The van der Waals surface area contributed by atoms with Gasteiger partial charge in [0.05, 0.1) is 0 Å². The van der Waals surface area contributed by atoms with Gasteiger partial charge >= 0.3 is 0 Å². The molecule has 6 rings (SSSR count). The third-order valence-electron chi connectivity index (χ3n) is 7.49. The molecular weight excluding hydrogens is 532 g/mol. The topological polar surface area (TPSA) is 68.3 Å². The van der Waals surface area contributed by atoms with Crippen molar-refractivity contribution < 1.29 is 19.2 Å². The van der Waals surface area contributed by atoms with Crippen molar-refractivity contribution in [3.8, 4) is 0 Å². The molecule has 0 saturated carbocycles. The number of hydrogen-bond donors (Lipinski definition) is 0. The fourth-order valence-electron chi connectivity index (χ4n) is 5.13. The van der Waals surface area contributed by atoms with Crippen molar-refractivity contribution in [3.05, 3.63) is 164 Å². The fourth-order valence-corrected chi connectivity index (χ4v) is 5.26. The zero-order valence-electron chi connectivity index (χ0n) is 22.7. The van der Waals surface area contributed by atoms with E-state index in [1.165, 1.54) is 0 Å². The molecule has 4 aromatic rings. The Labute approximate surface area is 244 Å². The number of Topliss-reactive ketones (excluding diaryl/α,β-unsaturated/α-hetero) is 4. The summed E-state index contributed by atoms with van der Waals surface area (Å²) in [6.45, 7) is 3.47. The summed E-state index contributed by atoms with van der Waals surface area (Å²) in [5.74, 6) is -0.181. The number of halogens is 1. The summed E-state index contributed by atoms with van der Waals surface area (Å²) in [5, 5.41) is 0.654. The van der Waals surface area contributed by atoms with E-state index in [1.807, 2.05) is 42.5 Å². The van der Waals surface area contributed by atoms with E-state index in [9.17, 15) is 19.2 Å². The smallest absolute Gasteiger partial charge is 0.190 e. The van der Waals surface area contributed by atoms with Crippen LogP contribution in [0, 0.1) is 0 Å². The Morgan fingerprint density at radius 1 is 0.439 bits per heavy atom. The zero-order valence-corrected chi connectivity index (χ0v) is 23.5. The minimum absolute atomic E-state index is 0.0263. The number of fused-ring (bicyclic) bond motifs is 2. The van der Waals surface area contributed by atoms with Crippen LogP contribution >= 0.6 is 11.6 Å². The molecule has 0 saturated heterocycles. The number of benzene rings is 4. The van der Waals surface area contributed by atoms with Gasteiger partial charge in [0, 0.05) is 62.4 Å². The summed E-state index contributed by atoms with van der Waals surface area (Å²) in [5.41, 5.74) is 6.33. The van der Waals surface area contributed by atoms with Crippen molar-refractivity contribution >= 4 is 34.7 Å². The maximum atomic E-state index is 12.6. The lowest BCUT2D eigenvalue weighted by Gasteiger charge is -2.19. The highest BCUT2D eigenvalue weighted by Gasteiger charge is 2.30. The van der Waals surface area contributed by atoms with Gasteiger partial charge in [-0.05, 0) is 37.1 Å². The lowest BCUT2D eigenvalue weighted by molar-refractivity contribution is 0.0973. The first-order valence-corrected chi connectivity index (χ1v) is 13.7. The monoisotopic (exact) mass is 558 g/mol. The van der Waals surface area contributed by atoms with Gasteiger partial charge in [-0.3, -0.25) is 19.2 Å². The van der Waals surface area contributed by atoms with Crippen LogP contribution in [-0.2, 0) is 12.8 Å². The Kier molecular flexibility index (Phi) is 8.04. The lowest BCUT2D eigenvalue weighted by Crippen LogP contribution is -2.22. The predicted molar refractivity (Wildman–Crippen MR) is 161 cm³/mol. The van der Waals surface area contributed by atoms with Crippen molar-refractivity contribution in [1.82, 2.24) is 0 Å². The summed E-state index contributed by atoms with van der Waals surface area (Å²) >= 11 is 5.87. The van der Waals surface area contributed by atoms with Gasteiger partial charge in [0.2, 0.25) is 0 Å². The van der Waals surface area contributed by atoms with E-state index in [2.05, 4.69) is 0 Å². The van der Waals surface area contributed by atoms with Gasteiger partial charge in [-0.1, -0.05) is 103 Å². The molecule has 0 heterocycles. The molecule has 2 aliphatic rings. The summed E-state index contributed by atoms with van der Waals surface area (Å²) in [7, 11) is 0. The first kappa shape index (κ1) is 27.9. The van der Waals surface area contributed by atoms with E-state index in [4.69, 9.17) is 11.6 Å². The van der Waals surface area contributed by atoms with Crippen LogP contribution in [0.2, 0.25) is 5.02 Å². The molecular formula is C36H27ClO4. The molecule has 0 fully saturated rings. The van der Waals surface area contributed by atoms with E-state index in [1.54, 1.807) is 74.5 Å². The number of carbonyl (C=O) groups is 4. The fraction of sp³-hybridized carbons (Fsp3) is 0.111. The van der Waals surface area contributed by atoms with E-state index in [0.29, 0.717) is 62.4 Å². The Balaban J connectivity index is 0.000000165. The molecule has 41 heavy (non-hydrogen) atoms. The van der Waals surface area contributed by atoms with E-state index in [-0.39, 0.29) is 23.1 Å². The highest BCUT2D eigenvalue weighted by Crippen LogP contribution is 2.29. The van der Waals surface area contributed by atoms with Gasteiger partial charge in [-0.2, -0.15) is 0 Å². The Morgan fingerprint density at radius 2 is 0.780 bits per heavy atom. The van der Waals surface area contributed by atoms with Crippen LogP contribution in [-0.4, -0.2) is 23.1 Å². The zero-order chi connectivity index (χ0) is 29.1. The average Bonchev–Trinajstić information content (AvgIpc) is 3.01. The minimum atomic E-state index is -0.0610. The van der Waals surface area contributed by atoms with Gasteiger partial charge in [0.25, 0.3) is 0 Å². The second-order valence-electron chi connectivity index (χ2n) is 10.1. The number of allylic oxidation sites excluding steroid dienone is 4. The minimum Gasteiger partial charge on any atom is -0.289 e. The molecule has 0 aromatic heterocycles. The molecule has 4 nitrogen and oxygen atoms in total. The highest BCUT2D eigenvalue weighted by atomic mass is 35.5. The molecule has 0 spiro atoms. The normalized spacial score (nSPS) is 14.4. The Bertz CT molecular complexity index is 1760. The number of carbonyl (C=O) groups excluding carboxylic acids is 4. The van der Waals surface area contributed by atoms with Gasteiger partial charge < -0.3 is 0 Å². The number of rotatable bonds is 4. The molecule has 4 aromatic carbocycles. The average molecular weight is 559 g/mol. The molecule has 0 atom stereocenters. The summed E-state index contributed by atoms with van der Waals surface area (Å²) < 4.78 is 0. The largest absolute Gasteiger partial charge is 0.289 e. The third-order valence-corrected chi connectivity index (χ3v) is 7.74. The van der Waals surface area contributed by atoms with Crippen LogP contribution in [0.25, 0.3) is 0 Å². The molecule has 0 amide bonds. The maximum Gasteiger partial charge on any atom is 0.190 e. The molecule has 0 N–H and O–H groups in total. The molecule has 0 unspecified atom stereocenters. The van der Waals surface area contributed by atoms with Crippen molar-refractivity contribution in [2.45, 2.75) is 26.7 Å². The van der Waals surface area contributed by atoms with Gasteiger partial charge in [-0.15, -0.1) is 0 Å². The number of hydrogen-bond acceptors (Lipinski definition) is 4. The van der Waals surface area contributed by atoms with Crippen LogP contribution in [0.15, 0.2) is 125 Å². The van der Waals surface area contributed by atoms with E-state index >= 15 is 0 Å². The van der Waals surface area contributed by atoms with Crippen molar-refractivity contribution in [1.29, 1.82) is 0 Å². The third kappa shape index (κ3) is 5.65. The molecule has 202 valence electrons. The molecule has 0 radical (unpaired) electrons. The standard InChI is InChI=1S/C18H13ClO2.C18H14O2/c1-11-16(10-12-6-8-13(19)9-7-12)18(21)15-5-3-2-4-14(15)17(11)20;1-12-16(11-13-7-3-2-4-8-13)18(20)15-10-6-5-9-14(15)17(12)19/h2-9H,10H2,1H3;2-10H,11H2,1H3. The summed E-state index contributed by atoms with van der Waals surface area (Å²) in [4.78, 5) is 49.9. The van der Waals surface area contributed by atoms with Gasteiger partial charge in [-0.25, -0.2) is 0 Å². The number of ketones is 4. The van der Waals surface area contributed by atoms with Crippen LogP contribution < -0.4 is 0 Å².